The molecule has 4 aromatic carbocycles. The normalized spacial score (nSPS) is 11.6. The van der Waals surface area contributed by atoms with E-state index in [0.717, 1.165) is 10.8 Å². The predicted octanol–water partition coefficient (Wildman–Crippen LogP) is 5.53. The summed E-state index contributed by atoms with van der Waals surface area (Å²) in [6.45, 7) is 13.5. The van der Waals surface area contributed by atoms with Crippen LogP contribution < -0.4 is 83.2 Å². The third-order valence-electron chi connectivity index (χ3n) is 12.8. The number of carbonyl (C=O) groups excluding carboxylic acids is 11. The molecule has 0 fully saturated rings. The molecule has 4 aromatic rings. The van der Waals surface area contributed by atoms with Gasteiger partial charge < -0.3 is 71.0 Å². The molecule has 0 saturated carbocycles. The van der Waals surface area contributed by atoms with Crippen molar-refractivity contribution in [2.24, 2.45) is 0 Å². The second kappa shape index (κ2) is 37.3. The highest BCUT2D eigenvalue weighted by molar-refractivity contribution is 6.02. The molecular weight excluding hydrogens is 1200 g/mol. The topological polar surface area (TPSA) is 388 Å². The molecule has 0 spiro atoms. The van der Waals surface area contributed by atoms with Gasteiger partial charge in [-0.3, -0.25) is 64.9 Å². The van der Waals surface area contributed by atoms with Crippen LogP contribution in [-0.2, 0) is 43.0 Å². The first-order valence-electron chi connectivity index (χ1n) is 30.0. The van der Waals surface area contributed by atoms with Gasteiger partial charge in [0.2, 0.25) is 29.5 Å². The standard InChI is InChI=1S/C63H88N12O17/c1-38(76)67-42-23-26-50(87-10)45(35-42)56(81)72-74-58(83)47(70-60(85)91-62(3,4)5)18-12-14-28-65-53(78)20-16-30-89-44-25-22-40-33-49(69-55(80)37-64-9)52(34-41(40)32-44)90-31-17-21-54(79)66-29-15-13-19-48(71-61(86)92-63(6,7)8)59(84)75-73-57(82)46-36-43(68-39(2)77)24-27-51(46)88-11/h22-27,32-36,47-48,64H,12-21,28-31,37H2,1-11H3,(H,65,78)(H,66,79)(H,67,76)(H,68,77)(H,69,80)(H,70,85)(H,71,86)(H,72,81)(H,73,82)(H,74,83)(H,75,84)/t47-,48-/m0/s1. The van der Waals surface area contributed by atoms with Crippen LogP contribution in [0.1, 0.15) is 140 Å². The lowest BCUT2D eigenvalue weighted by Crippen LogP contribution is -2.53. The largest absolute Gasteiger partial charge is 0.496 e. The highest BCUT2D eigenvalue weighted by atomic mass is 16.6. The zero-order chi connectivity index (χ0) is 68.0. The number of unbranched alkanes of at least 4 members (excludes halogenated alkanes) is 2. The van der Waals surface area contributed by atoms with Crippen molar-refractivity contribution in [1.29, 1.82) is 0 Å². The molecule has 29 heteroatoms. The molecule has 0 radical (unpaired) electrons. The number of hydrogen-bond acceptors (Lipinski definition) is 18. The van der Waals surface area contributed by atoms with Crippen LogP contribution in [0.25, 0.3) is 10.8 Å². The highest BCUT2D eigenvalue weighted by Crippen LogP contribution is 2.33. The number of alkyl carbamates (subject to hydrolysis) is 2. The van der Waals surface area contributed by atoms with Gasteiger partial charge in [-0.15, -0.1) is 0 Å². The van der Waals surface area contributed by atoms with Crippen molar-refractivity contribution >= 4 is 93.2 Å². The maximum Gasteiger partial charge on any atom is 0.408 e. The number of benzene rings is 4. The first-order valence-corrected chi connectivity index (χ1v) is 30.0. The average molecular weight is 1290 g/mol. The quantitative estimate of drug-likeness (QED) is 0.0206. The Morgan fingerprint density at radius 1 is 0.478 bits per heavy atom. The fourth-order valence-electron chi connectivity index (χ4n) is 8.65. The van der Waals surface area contributed by atoms with Crippen molar-refractivity contribution in [3.8, 4) is 23.0 Å². The Kier molecular flexibility index (Phi) is 30.2. The van der Waals surface area contributed by atoms with E-state index in [2.05, 4.69) is 64.2 Å². The molecule has 0 heterocycles. The molecule has 0 aliphatic carbocycles. The summed E-state index contributed by atoms with van der Waals surface area (Å²) in [5.74, 6) is -3.24. The Balaban J connectivity index is 1.24. The number of fused-ring (bicyclic) bond motifs is 1. The third kappa shape index (κ3) is 27.9. The van der Waals surface area contributed by atoms with Crippen LogP contribution >= 0.6 is 0 Å². The zero-order valence-corrected chi connectivity index (χ0v) is 54.1. The van der Waals surface area contributed by atoms with E-state index in [0.29, 0.717) is 67.1 Å². The first-order chi connectivity index (χ1) is 43.6. The van der Waals surface area contributed by atoms with Crippen molar-refractivity contribution in [2.45, 2.75) is 143 Å². The number of hydrogen-bond donors (Lipinski definition) is 12. The molecule has 0 aliphatic heterocycles. The van der Waals surface area contributed by atoms with Gasteiger partial charge >= 0.3 is 12.2 Å². The summed E-state index contributed by atoms with van der Waals surface area (Å²) in [6.07, 6.45) is 1.11. The van der Waals surface area contributed by atoms with E-state index >= 15 is 0 Å². The number of nitrogens with one attached hydrogen (secondary N) is 12. The van der Waals surface area contributed by atoms with Crippen molar-refractivity contribution in [3.63, 3.8) is 0 Å². The molecule has 0 aliphatic rings. The average Bonchev–Trinajstić information content (AvgIpc) is 0.873. The maximum absolute atomic E-state index is 13.3. The molecule has 11 amide bonds. The molecule has 0 aromatic heterocycles. The van der Waals surface area contributed by atoms with Gasteiger partial charge in [-0.1, -0.05) is 6.07 Å². The van der Waals surface area contributed by atoms with Gasteiger partial charge in [0.05, 0.1) is 50.8 Å². The van der Waals surface area contributed by atoms with E-state index in [-0.39, 0.29) is 111 Å². The summed E-state index contributed by atoms with van der Waals surface area (Å²) in [6, 6.07) is 15.5. The maximum atomic E-state index is 13.3. The highest BCUT2D eigenvalue weighted by Gasteiger charge is 2.28. The lowest BCUT2D eigenvalue weighted by Gasteiger charge is -2.23. The lowest BCUT2D eigenvalue weighted by atomic mass is 10.1. The van der Waals surface area contributed by atoms with Crippen LogP contribution in [0, 0.1) is 0 Å². The molecule has 502 valence electrons. The van der Waals surface area contributed by atoms with Gasteiger partial charge in [0, 0.05) is 51.2 Å². The van der Waals surface area contributed by atoms with Gasteiger partial charge in [0.25, 0.3) is 23.6 Å². The molecule has 0 unspecified atom stereocenters. The van der Waals surface area contributed by atoms with Crippen LogP contribution in [0.4, 0.5) is 26.7 Å². The molecule has 0 saturated heterocycles. The van der Waals surface area contributed by atoms with Gasteiger partial charge in [-0.2, -0.15) is 0 Å². The summed E-state index contributed by atoms with van der Waals surface area (Å²) >= 11 is 0. The Bertz CT molecular complexity index is 3240. The summed E-state index contributed by atoms with van der Waals surface area (Å²) in [7, 11) is 4.36. The SMILES string of the molecule is CNCC(=O)Nc1cc2ccc(OCCCC(=O)NCCCC[C@H](NC(=O)OC(C)(C)C)C(=O)NNC(=O)c3cc(NC(C)=O)ccc3OC)cc2cc1OCCCC(=O)NCCCC[C@H](NC(=O)OC(C)(C)C)C(=O)NNC(=O)c1cc(NC(C)=O)ccc1OC. The molecule has 4 rings (SSSR count). The Hall–Kier alpha value is -9.93. The molecule has 12 N–H and O–H groups in total. The van der Waals surface area contributed by atoms with E-state index in [9.17, 15) is 52.7 Å². The Labute approximate surface area is 534 Å². The number of hydrazine groups is 2. The minimum atomic E-state index is -1.14. The lowest BCUT2D eigenvalue weighted by molar-refractivity contribution is -0.124. The molecule has 2 atom stereocenters. The van der Waals surface area contributed by atoms with Crippen LogP contribution in [0.5, 0.6) is 23.0 Å². The monoisotopic (exact) mass is 1280 g/mol. The van der Waals surface area contributed by atoms with E-state index in [1.54, 1.807) is 85.0 Å². The van der Waals surface area contributed by atoms with Gasteiger partial charge in [0.1, 0.15) is 46.3 Å². The van der Waals surface area contributed by atoms with Gasteiger partial charge in [-0.05, 0) is 171 Å². The summed E-state index contributed by atoms with van der Waals surface area (Å²) in [5.41, 5.74) is 8.68. The van der Waals surface area contributed by atoms with Crippen molar-refractivity contribution in [3.05, 3.63) is 77.9 Å². The minimum absolute atomic E-state index is 0.0188. The van der Waals surface area contributed by atoms with Crippen molar-refractivity contribution in [2.75, 3.05) is 70.1 Å². The number of amides is 11. The van der Waals surface area contributed by atoms with Crippen LogP contribution in [0.2, 0.25) is 0 Å². The number of likely N-dealkylation sites (N-methyl/N-ethyl adjacent to an activating group) is 1. The number of rotatable bonds is 33. The molecule has 92 heavy (non-hydrogen) atoms. The van der Waals surface area contributed by atoms with Crippen LogP contribution in [0.3, 0.4) is 0 Å². The fraction of sp³-hybridized carbons (Fsp3) is 0.476. The van der Waals surface area contributed by atoms with Crippen LogP contribution in [-0.4, -0.2) is 143 Å². The number of carbonyl (C=O) groups is 11. The van der Waals surface area contributed by atoms with Crippen molar-refractivity contribution in [1.82, 2.24) is 48.3 Å². The van der Waals surface area contributed by atoms with Crippen LogP contribution in [0.15, 0.2) is 66.7 Å². The number of methoxy groups -OCH3 is 2. The summed E-state index contributed by atoms with van der Waals surface area (Å²) in [5, 5.41) is 23.1. The smallest absolute Gasteiger partial charge is 0.408 e. The van der Waals surface area contributed by atoms with Gasteiger partial charge in [0.15, 0.2) is 0 Å². The minimum Gasteiger partial charge on any atom is -0.496 e. The third-order valence-corrected chi connectivity index (χ3v) is 12.8. The fourth-order valence-corrected chi connectivity index (χ4v) is 8.65. The van der Waals surface area contributed by atoms with E-state index in [4.69, 9.17) is 28.4 Å². The molecule has 29 nitrogen and oxygen atoms in total. The number of anilines is 3. The molecular formula is C63H88N12O17. The first kappa shape index (κ1) is 74.5. The number of ether oxygens (including phenoxy) is 6. The van der Waals surface area contributed by atoms with E-state index < -0.39 is 59.1 Å². The van der Waals surface area contributed by atoms with E-state index in [1.807, 2.05) is 6.07 Å². The predicted molar refractivity (Wildman–Crippen MR) is 342 cm³/mol. The Morgan fingerprint density at radius 3 is 1.38 bits per heavy atom. The molecule has 0 bridgehead atoms. The van der Waals surface area contributed by atoms with Gasteiger partial charge in [-0.25, -0.2) is 9.59 Å². The summed E-state index contributed by atoms with van der Waals surface area (Å²) < 4.78 is 33.4. The zero-order valence-electron chi connectivity index (χ0n) is 54.1. The Morgan fingerprint density at radius 2 is 0.946 bits per heavy atom. The second-order valence-corrected chi connectivity index (χ2v) is 23.0. The second-order valence-electron chi connectivity index (χ2n) is 23.0. The summed E-state index contributed by atoms with van der Waals surface area (Å²) in [4.78, 5) is 140. The van der Waals surface area contributed by atoms with E-state index in [1.165, 1.54) is 52.3 Å². The van der Waals surface area contributed by atoms with Crippen molar-refractivity contribution < 1.29 is 81.2 Å².